The molecule has 0 bridgehead atoms. The molecule has 0 heterocycles. The second-order valence-electron chi connectivity index (χ2n) is 8.00. The van der Waals surface area contributed by atoms with Crippen molar-refractivity contribution in [1.29, 1.82) is 0 Å². The summed E-state index contributed by atoms with van der Waals surface area (Å²) in [5, 5.41) is 3.84. The van der Waals surface area contributed by atoms with Crippen LogP contribution < -0.4 is 10.1 Å². The fourth-order valence-corrected chi connectivity index (χ4v) is 4.51. The van der Waals surface area contributed by atoms with Crippen LogP contribution in [0.25, 0.3) is 0 Å². The number of carbonyl (C=O) groups excluding carboxylic acids is 1. The van der Waals surface area contributed by atoms with Crippen LogP contribution >= 0.6 is 11.6 Å². The van der Waals surface area contributed by atoms with Gasteiger partial charge in [0.2, 0.25) is 5.91 Å². The molecule has 0 saturated heterocycles. The first-order chi connectivity index (χ1) is 13.4. The summed E-state index contributed by atoms with van der Waals surface area (Å²) in [5.74, 6) is 0.946. The van der Waals surface area contributed by atoms with Crippen molar-refractivity contribution in [3.8, 4) is 5.75 Å². The quantitative estimate of drug-likeness (QED) is 0.595. The molecule has 0 aromatic heterocycles. The van der Waals surface area contributed by atoms with Crippen LogP contribution in [0.4, 0.5) is 5.69 Å². The predicted molar refractivity (Wildman–Crippen MR) is 117 cm³/mol. The normalized spacial score (nSPS) is 16.6. The van der Waals surface area contributed by atoms with Crippen LogP contribution in [0, 0.1) is 13.8 Å². The fraction of sp³-hybridized carbons (Fsp3) is 0.458. The molecular formula is C24H30ClNO2. The van der Waals surface area contributed by atoms with Crippen molar-refractivity contribution in [1.82, 2.24) is 0 Å². The SMILES string of the molecule is CC[C@@H](C)Oc1c(C)cc(NC(=O)C2(c3ccccc3Cl)CCCC2)cc1C. The lowest BCUT2D eigenvalue weighted by molar-refractivity contribution is -0.121. The van der Waals surface area contributed by atoms with E-state index in [1.165, 1.54) is 0 Å². The van der Waals surface area contributed by atoms with Gasteiger partial charge >= 0.3 is 0 Å². The number of rotatable bonds is 6. The summed E-state index contributed by atoms with van der Waals surface area (Å²) < 4.78 is 6.06. The Hall–Kier alpha value is -2.00. The number of halogens is 1. The molecule has 0 spiro atoms. The predicted octanol–water partition coefficient (Wildman–Crippen LogP) is 6.58. The summed E-state index contributed by atoms with van der Waals surface area (Å²) >= 11 is 6.48. The smallest absolute Gasteiger partial charge is 0.235 e. The molecular weight excluding hydrogens is 370 g/mol. The first-order valence-corrected chi connectivity index (χ1v) is 10.6. The molecule has 1 fully saturated rings. The minimum absolute atomic E-state index is 0.0347. The number of nitrogens with one attached hydrogen (secondary N) is 1. The summed E-state index contributed by atoms with van der Waals surface area (Å²) in [6.07, 6.45) is 4.86. The third kappa shape index (κ3) is 4.05. The van der Waals surface area contributed by atoms with Gasteiger partial charge in [-0.2, -0.15) is 0 Å². The van der Waals surface area contributed by atoms with Crippen molar-refractivity contribution >= 4 is 23.2 Å². The molecule has 0 radical (unpaired) electrons. The molecule has 1 N–H and O–H groups in total. The van der Waals surface area contributed by atoms with Crippen molar-refractivity contribution in [2.24, 2.45) is 0 Å². The molecule has 3 nitrogen and oxygen atoms in total. The second-order valence-corrected chi connectivity index (χ2v) is 8.41. The van der Waals surface area contributed by atoms with E-state index < -0.39 is 5.41 Å². The molecule has 1 saturated carbocycles. The van der Waals surface area contributed by atoms with Gasteiger partial charge in [0.25, 0.3) is 0 Å². The van der Waals surface area contributed by atoms with Crippen molar-refractivity contribution < 1.29 is 9.53 Å². The number of amides is 1. The lowest BCUT2D eigenvalue weighted by atomic mass is 9.78. The third-order valence-electron chi connectivity index (χ3n) is 5.89. The first kappa shape index (κ1) is 20.7. The van der Waals surface area contributed by atoms with Crippen LogP contribution in [0.3, 0.4) is 0 Å². The molecule has 1 aliphatic rings. The number of carbonyl (C=O) groups is 1. The molecule has 1 amide bonds. The van der Waals surface area contributed by atoms with Gasteiger partial charge in [-0.3, -0.25) is 4.79 Å². The van der Waals surface area contributed by atoms with Crippen molar-refractivity contribution in [2.45, 2.75) is 71.3 Å². The zero-order valence-corrected chi connectivity index (χ0v) is 18.0. The van der Waals surface area contributed by atoms with Crippen LogP contribution in [-0.4, -0.2) is 12.0 Å². The minimum Gasteiger partial charge on any atom is -0.490 e. The summed E-state index contributed by atoms with van der Waals surface area (Å²) in [4.78, 5) is 13.4. The maximum atomic E-state index is 13.4. The van der Waals surface area contributed by atoms with Gasteiger partial charge in [0.05, 0.1) is 11.5 Å². The average Bonchev–Trinajstić information content (AvgIpc) is 3.16. The molecule has 1 atom stereocenters. The number of aryl methyl sites for hydroxylation is 2. The molecule has 1 aliphatic carbocycles. The van der Waals surface area contributed by atoms with E-state index in [0.29, 0.717) is 5.02 Å². The van der Waals surface area contributed by atoms with Gasteiger partial charge in [-0.05, 0) is 74.9 Å². The molecule has 2 aromatic rings. The first-order valence-electron chi connectivity index (χ1n) is 10.2. The molecule has 150 valence electrons. The largest absolute Gasteiger partial charge is 0.490 e. The number of hydrogen-bond donors (Lipinski definition) is 1. The van der Waals surface area contributed by atoms with Crippen molar-refractivity contribution in [3.05, 3.63) is 58.1 Å². The standard InChI is InChI=1S/C24H30ClNO2/c1-5-18(4)28-22-16(2)14-19(15-17(22)3)26-23(27)24(12-8-9-13-24)20-10-6-7-11-21(20)25/h6-7,10-11,14-15,18H,5,8-9,12-13H2,1-4H3,(H,26,27)/t18-/m1/s1. The van der Waals surface area contributed by atoms with Crippen molar-refractivity contribution in [3.63, 3.8) is 0 Å². The number of ether oxygens (including phenoxy) is 1. The third-order valence-corrected chi connectivity index (χ3v) is 6.22. The Morgan fingerprint density at radius 2 is 1.79 bits per heavy atom. The van der Waals surface area contributed by atoms with Gasteiger partial charge in [-0.1, -0.05) is 49.6 Å². The van der Waals surface area contributed by atoms with Crippen LogP contribution in [0.1, 0.15) is 62.6 Å². The van der Waals surface area contributed by atoms with Gasteiger partial charge in [-0.15, -0.1) is 0 Å². The maximum absolute atomic E-state index is 13.4. The summed E-state index contributed by atoms with van der Waals surface area (Å²) in [7, 11) is 0. The van der Waals surface area contributed by atoms with Crippen LogP contribution in [0.5, 0.6) is 5.75 Å². The number of benzene rings is 2. The Labute approximate surface area is 173 Å². The monoisotopic (exact) mass is 399 g/mol. The van der Waals surface area contributed by atoms with Crippen LogP contribution in [0.2, 0.25) is 5.02 Å². The highest BCUT2D eigenvalue weighted by atomic mass is 35.5. The van der Waals surface area contributed by atoms with E-state index in [1.807, 2.05) is 50.2 Å². The Morgan fingerprint density at radius 1 is 1.18 bits per heavy atom. The topological polar surface area (TPSA) is 38.3 Å². The van der Waals surface area contributed by atoms with Gasteiger partial charge in [0.1, 0.15) is 5.75 Å². The zero-order valence-electron chi connectivity index (χ0n) is 17.3. The maximum Gasteiger partial charge on any atom is 0.235 e. The molecule has 4 heteroatoms. The lowest BCUT2D eigenvalue weighted by Crippen LogP contribution is -2.38. The Bertz CT molecular complexity index is 832. The fourth-order valence-electron chi connectivity index (χ4n) is 4.19. The Balaban J connectivity index is 1.88. The van der Waals surface area contributed by atoms with E-state index in [1.54, 1.807) is 0 Å². The van der Waals surface area contributed by atoms with E-state index in [4.69, 9.17) is 16.3 Å². The summed E-state index contributed by atoms with van der Waals surface area (Å²) in [5.41, 5.74) is 3.28. The van der Waals surface area contributed by atoms with E-state index >= 15 is 0 Å². The van der Waals surface area contributed by atoms with E-state index in [-0.39, 0.29) is 12.0 Å². The van der Waals surface area contributed by atoms with E-state index in [0.717, 1.165) is 60.2 Å². The highest BCUT2D eigenvalue weighted by Crippen LogP contribution is 2.44. The number of hydrogen-bond acceptors (Lipinski definition) is 2. The molecule has 0 aliphatic heterocycles. The highest BCUT2D eigenvalue weighted by Gasteiger charge is 2.43. The molecule has 0 unspecified atom stereocenters. The molecule has 28 heavy (non-hydrogen) atoms. The molecule has 3 rings (SSSR count). The van der Waals surface area contributed by atoms with E-state index in [9.17, 15) is 4.79 Å². The summed E-state index contributed by atoms with van der Waals surface area (Å²) in [6, 6.07) is 11.7. The number of anilines is 1. The van der Waals surface area contributed by atoms with Crippen LogP contribution in [-0.2, 0) is 10.2 Å². The lowest BCUT2D eigenvalue weighted by Gasteiger charge is -2.29. The van der Waals surface area contributed by atoms with Gasteiger partial charge in [0, 0.05) is 10.7 Å². The van der Waals surface area contributed by atoms with Gasteiger partial charge in [0.15, 0.2) is 0 Å². The minimum atomic E-state index is -0.550. The van der Waals surface area contributed by atoms with E-state index in [2.05, 4.69) is 19.2 Å². The average molecular weight is 400 g/mol. The second kappa shape index (κ2) is 8.57. The highest BCUT2D eigenvalue weighted by molar-refractivity contribution is 6.31. The molecule has 2 aromatic carbocycles. The van der Waals surface area contributed by atoms with Crippen LogP contribution in [0.15, 0.2) is 36.4 Å². The Morgan fingerprint density at radius 3 is 2.36 bits per heavy atom. The van der Waals surface area contributed by atoms with Gasteiger partial charge in [-0.25, -0.2) is 0 Å². The zero-order chi connectivity index (χ0) is 20.3. The summed E-state index contributed by atoms with van der Waals surface area (Å²) in [6.45, 7) is 8.24. The van der Waals surface area contributed by atoms with Crippen molar-refractivity contribution in [2.75, 3.05) is 5.32 Å². The Kier molecular flexibility index (Phi) is 6.34. The van der Waals surface area contributed by atoms with Gasteiger partial charge < -0.3 is 10.1 Å².